The lowest BCUT2D eigenvalue weighted by atomic mass is 9.80. The van der Waals surface area contributed by atoms with Crippen LogP contribution in [0, 0.1) is 0 Å². The third-order valence-corrected chi connectivity index (χ3v) is 6.75. The van der Waals surface area contributed by atoms with Gasteiger partial charge in [0.2, 0.25) is 0 Å². The minimum Gasteiger partial charge on any atom is -0.350 e. The number of carbonyl (C=O) groups excluding carboxylic acids is 3. The van der Waals surface area contributed by atoms with Crippen molar-refractivity contribution in [2.75, 3.05) is 20.6 Å². The van der Waals surface area contributed by atoms with Gasteiger partial charge < -0.3 is 10.2 Å². The normalized spacial score (nSPS) is 17.7. The van der Waals surface area contributed by atoms with Gasteiger partial charge >= 0.3 is 0 Å². The summed E-state index contributed by atoms with van der Waals surface area (Å²) in [4.78, 5) is 41.3. The fourth-order valence-electron chi connectivity index (χ4n) is 4.67. The lowest BCUT2D eigenvalue weighted by Crippen LogP contribution is -2.53. The molecule has 6 nitrogen and oxygen atoms in total. The van der Waals surface area contributed by atoms with E-state index in [2.05, 4.69) is 24.3 Å². The average molecular weight is 420 g/mol. The fourth-order valence-corrected chi connectivity index (χ4v) is 4.67. The van der Waals surface area contributed by atoms with Crippen molar-refractivity contribution in [2.45, 2.75) is 44.2 Å². The Balaban J connectivity index is 1.39. The smallest absolute Gasteiger partial charge is 0.261 e. The number of hydrogen-bond acceptors (Lipinski definition) is 4. The predicted octanol–water partition coefficient (Wildman–Crippen LogP) is 3.48. The van der Waals surface area contributed by atoms with Crippen LogP contribution in [0.4, 0.5) is 0 Å². The van der Waals surface area contributed by atoms with Crippen LogP contribution in [0.1, 0.15) is 68.7 Å². The number of likely N-dealkylation sites (N-methyl/N-ethyl adjacent to an activating group) is 1. The number of nitrogens with one attached hydrogen (secondary N) is 1. The van der Waals surface area contributed by atoms with Crippen molar-refractivity contribution >= 4 is 17.7 Å². The quantitative estimate of drug-likeness (QED) is 0.728. The standard InChI is InChI=1S/C25H29N3O3/c1-27(2)25(14-6-3-7-15-25)17-26-22(29)19-12-10-18(11-13-19)16-28-23(30)20-8-4-5-9-21(20)24(28)31/h4-5,8-13H,3,6-7,14-17H2,1-2H3,(H,26,29). The second-order valence-corrected chi connectivity index (χ2v) is 8.80. The number of hydrogen-bond donors (Lipinski definition) is 1. The molecule has 0 unspecified atom stereocenters. The third kappa shape index (κ3) is 4.12. The predicted molar refractivity (Wildman–Crippen MR) is 119 cm³/mol. The van der Waals surface area contributed by atoms with Gasteiger partial charge in [0.1, 0.15) is 0 Å². The van der Waals surface area contributed by atoms with Crippen molar-refractivity contribution in [3.63, 3.8) is 0 Å². The highest BCUT2D eigenvalue weighted by Gasteiger charge is 2.35. The molecule has 1 heterocycles. The zero-order chi connectivity index (χ0) is 22.0. The lowest BCUT2D eigenvalue weighted by Gasteiger charge is -2.43. The zero-order valence-corrected chi connectivity index (χ0v) is 18.2. The first-order valence-corrected chi connectivity index (χ1v) is 10.9. The molecule has 0 aromatic heterocycles. The molecule has 0 atom stereocenters. The molecule has 1 aliphatic heterocycles. The van der Waals surface area contributed by atoms with Crippen molar-refractivity contribution in [3.8, 4) is 0 Å². The maximum atomic E-state index is 12.7. The van der Waals surface area contributed by atoms with Crippen LogP contribution in [0.25, 0.3) is 0 Å². The highest BCUT2D eigenvalue weighted by Crippen LogP contribution is 2.31. The van der Waals surface area contributed by atoms with Crippen LogP contribution >= 0.6 is 0 Å². The highest BCUT2D eigenvalue weighted by molar-refractivity contribution is 6.21. The zero-order valence-electron chi connectivity index (χ0n) is 18.2. The van der Waals surface area contributed by atoms with Crippen LogP contribution in [0.2, 0.25) is 0 Å². The van der Waals surface area contributed by atoms with E-state index in [9.17, 15) is 14.4 Å². The van der Waals surface area contributed by atoms with E-state index < -0.39 is 0 Å². The van der Waals surface area contributed by atoms with E-state index in [1.165, 1.54) is 24.2 Å². The Hall–Kier alpha value is -2.99. The number of carbonyl (C=O) groups is 3. The minimum atomic E-state index is -0.274. The molecule has 0 spiro atoms. The number of amides is 3. The maximum Gasteiger partial charge on any atom is 0.261 e. The monoisotopic (exact) mass is 419 g/mol. The van der Waals surface area contributed by atoms with E-state index in [0.717, 1.165) is 18.4 Å². The summed E-state index contributed by atoms with van der Waals surface area (Å²) >= 11 is 0. The Morgan fingerprint density at radius 1 is 0.935 bits per heavy atom. The SMILES string of the molecule is CN(C)C1(CNC(=O)c2ccc(CN3C(=O)c4ccccc4C3=O)cc2)CCCCC1. The topological polar surface area (TPSA) is 69.7 Å². The molecule has 2 aliphatic rings. The van der Waals surface area contributed by atoms with Crippen molar-refractivity contribution in [3.05, 3.63) is 70.8 Å². The number of imide groups is 1. The van der Waals surface area contributed by atoms with Gasteiger partial charge in [-0.3, -0.25) is 19.3 Å². The summed E-state index contributed by atoms with van der Waals surface area (Å²) in [5, 5.41) is 3.11. The lowest BCUT2D eigenvalue weighted by molar-refractivity contribution is 0.0641. The molecule has 31 heavy (non-hydrogen) atoms. The van der Waals surface area contributed by atoms with Gasteiger partial charge in [0, 0.05) is 17.6 Å². The number of nitrogens with zero attached hydrogens (tertiary/aromatic N) is 2. The number of benzene rings is 2. The molecule has 162 valence electrons. The van der Waals surface area contributed by atoms with Crippen molar-refractivity contribution < 1.29 is 14.4 Å². The van der Waals surface area contributed by atoms with Crippen LogP contribution < -0.4 is 5.32 Å². The van der Waals surface area contributed by atoms with Crippen molar-refractivity contribution in [1.29, 1.82) is 0 Å². The molecule has 0 bridgehead atoms. The molecule has 1 fully saturated rings. The van der Waals surface area contributed by atoms with Gasteiger partial charge in [0.25, 0.3) is 17.7 Å². The molecule has 6 heteroatoms. The second-order valence-electron chi connectivity index (χ2n) is 8.80. The summed E-state index contributed by atoms with van der Waals surface area (Å²) in [6, 6.07) is 14.0. The molecule has 0 radical (unpaired) electrons. The van der Waals surface area contributed by atoms with E-state index in [-0.39, 0.29) is 29.8 Å². The third-order valence-electron chi connectivity index (χ3n) is 6.75. The largest absolute Gasteiger partial charge is 0.350 e. The van der Waals surface area contributed by atoms with Crippen LogP contribution in [0.3, 0.4) is 0 Å². The molecule has 2 aromatic rings. The Kier molecular flexibility index (Phi) is 5.92. The molecule has 1 N–H and O–H groups in total. The van der Waals surface area contributed by atoms with Crippen molar-refractivity contribution in [1.82, 2.24) is 15.1 Å². The van der Waals surface area contributed by atoms with E-state index in [4.69, 9.17) is 0 Å². The summed E-state index contributed by atoms with van der Waals surface area (Å²) in [5.74, 6) is -0.646. The number of rotatable bonds is 6. The highest BCUT2D eigenvalue weighted by atomic mass is 16.2. The van der Waals surface area contributed by atoms with Crippen molar-refractivity contribution in [2.24, 2.45) is 0 Å². The minimum absolute atomic E-state index is 0.0271. The molecule has 1 saturated carbocycles. The van der Waals surface area contributed by atoms with Crippen LogP contribution in [0.15, 0.2) is 48.5 Å². The van der Waals surface area contributed by atoms with Crippen LogP contribution in [-0.2, 0) is 6.54 Å². The summed E-state index contributed by atoms with van der Waals surface area (Å²) in [5.41, 5.74) is 2.31. The summed E-state index contributed by atoms with van der Waals surface area (Å²) in [6.07, 6.45) is 5.85. The molecular weight excluding hydrogens is 390 g/mol. The van der Waals surface area contributed by atoms with E-state index >= 15 is 0 Å². The van der Waals surface area contributed by atoms with Gasteiger partial charge in [-0.25, -0.2) is 0 Å². The molecule has 1 aliphatic carbocycles. The van der Waals surface area contributed by atoms with Crippen LogP contribution in [0.5, 0.6) is 0 Å². The Morgan fingerprint density at radius 3 is 2.06 bits per heavy atom. The van der Waals surface area contributed by atoms with Crippen LogP contribution in [-0.4, -0.2) is 53.7 Å². The first-order valence-electron chi connectivity index (χ1n) is 10.9. The Labute approximate surface area is 183 Å². The molecule has 0 saturated heterocycles. The van der Waals surface area contributed by atoms with Gasteiger partial charge in [0.15, 0.2) is 0 Å². The summed E-state index contributed by atoms with van der Waals surface area (Å²) < 4.78 is 0. The van der Waals surface area contributed by atoms with Gasteiger partial charge in [-0.15, -0.1) is 0 Å². The summed E-state index contributed by atoms with van der Waals surface area (Å²) in [7, 11) is 4.18. The van der Waals surface area contributed by atoms with E-state index in [1.54, 1.807) is 48.5 Å². The maximum absolute atomic E-state index is 12.7. The van der Waals surface area contributed by atoms with Gasteiger partial charge in [-0.1, -0.05) is 43.5 Å². The van der Waals surface area contributed by atoms with Gasteiger partial charge in [0.05, 0.1) is 17.7 Å². The van der Waals surface area contributed by atoms with E-state index in [1.807, 2.05) is 0 Å². The Morgan fingerprint density at radius 2 is 1.52 bits per heavy atom. The fraction of sp³-hybridized carbons (Fsp3) is 0.400. The number of fused-ring (bicyclic) bond motifs is 1. The van der Waals surface area contributed by atoms with Gasteiger partial charge in [-0.05, 0) is 56.8 Å². The summed E-state index contributed by atoms with van der Waals surface area (Å²) in [6.45, 7) is 0.827. The first kappa shape index (κ1) is 21.2. The molecule has 4 rings (SSSR count). The first-order chi connectivity index (χ1) is 14.9. The second kappa shape index (κ2) is 8.63. The molecule has 3 amide bonds. The van der Waals surface area contributed by atoms with E-state index in [0.29, 0.717) is 23.2 Å². The molecular formula is C25H29N3O3. The van der Waals surface area contributed by atoms with Gasteiger partial charge in [-0.2, -0.15) is 0 Å². The average Bonchev–Trinajstić information content (AvgIpc) is 3.03. The molecule has 2 aromatic carbocycles. The Bertz CT molecular complexity index is 956.